The van der Waals surface area contributed by atoms with Gasteiger partial charge in [-0.15, -0.1) is 0 Å². The molecule has 1 aliphatic heterocycles. The quantitative estimate of drug-likeness (QED) is 0.896. The van der Waals surface area contributed by atoms with Crippen molar-refractivity contribution in [3.8, 4) is 11.5 Å². The van der Waals surface area contributed by atoms with Gasteiger partial charge in [0.15, 0.2) is 11.5 Å². The van der Waals surface area contributed by atoms with Crippen LogP contribution in [0.1, 0.15) is 17.4 Å². The molecule has 1 atom stereocenters. The van der Waals surface area contributed by atoms with Crippen LogP contribution in [0.4, 0.5) is 0 Å². The molecule has 0 saturated heterocycles. The topological polar surface area (TPSA) is 56.5 Å². The Morgan fingerprint density at radius 1 is 1.40 bits per heavy atom. The van der Waals surface area contributed by atoms with Crippen LogP contribution in [0.2, 0.25) is 5.02 Å². The molecule has 1 aliphatic rings. The minimum Gasteiger partial charge on any atom is -0.486 e. The molecule has 0 fully saturated rings. The van der Waals surface area contributed by atoms with Gasteiger partial charge in [-0.3, -0.25) is 4.68 Å². The SMILES string of the molecule is Cn1ncc(Cl)c1C(O)c1cc(Br)c2c(c1)OCCO2. The first-order valence-corrected chi connectivity index (χ1v) is 7.19. The van der Waals surface area contributed by atoms with E-state index < -0.39 is 6.10 Å². The van der Waals surface area contributed by atoms with Gasteiger partial charge >= 0.3 is 0 Å². The lowest BCUT2D eigenvalue weighted by Crippen LogP contribution is -2.16. The molecule has 0 radical (unpaired) electrons. The molecule has 1 aromatic heterocycles. The lowest BCUT2D eigenvalue weighted by Gasteiger charge is -2.22. The van der Waals surface area contributed by atoms with Crippen molar-refractivity contribution in [2.45, 2.75) is 6.10 Å². The fraction of sp³-hybridized carbons (Fsp3) is 0.308. The maximum absolute atomic E-state index is 10.5. The summed E-state index contributed by atoms with van der Waals surface area (Å²) < 4.78 is 13.4. The van der Waals surface area contributed by atoms with Crippen molar-refractivity contribution in [1.82, 2.24) is 9.78 Å². The molecule has 1 unspecified atom stereocenters. The summed E-state index contributed by atoms with van der Waals surface area (Å²) in [7, 11) is 1.73. The second kappa shape index (κ2) is 5.27. The molecule has 20 heavy (non-hydrogen) atoms. The van der Waals surface area contributed by atoms with Gasteiger partial charge in [0, 0.05) is 7.05 Å². The molecule has 106 valence electrons. The molecule has 1 aromatic carbocycles. The predicted octanol–water partition coefficient (Wildman–Crippen LogP) is 2.69. The highest BCUT2D eigenvalue weighted by molar-refractivity contribution is 9.10. The fourth-order valence-electron chi connectivity index (χ4n) is 2.17. The summed E-state index contributed by atoms with van der Waals surface area (Å²) >= 11 is 9.49. The van der Waals surface area contributed by atoms with E-state index in [0.29, 0.717) is 41.0 Å². The smallest absolute Gasteiger partial charge is 0.175 e. The Balaban J connectivity index is 2.04. The van der Waals surface area contributed by atoms with E-state index in [1.807, 2.05) is 0 Å². The van der Waals surface area contributed by atoms with Crippen LogP contribution in [0.15, 0.2) is 22.8 Å². The highest BCUT2D eigenvalue weighted by atomic mass is 79.9. The van der Waals surface area contributed by atoms with Gasteiger partial charge in [0.05, 0.1) is 21.4 Å². The second-order valence-corrected chi connectivity index (χ2v) is 5.69. The van der Waals surface area contributed by atoms with Gasteiger partial charge in [-0.05, 0) is 33.6 Å². The van der Waals surface area contributed by atoms with Gasteiger partial charge < -0.3 is 14.6 Å². The third-order valence-electron chi connectivity index (χ3n) is 3.13. The minimum absolute atomic E-state index is 0.422. The van der Waals surface area contributed by atoms with Crippen molar-refractivity contribution in [2.75, 3.05) is 13.2 Å². The van der Waals surface area contributed by atoms with E-state index in [9.17, 15) is 5.11 Å². The summed E-state index contributed by atoms with van der Waals surface area (Å²) in [4.78, 5) is 0. The van der Waals surface area contributed by atoms with Crippen molar-refractivity contribution in [2.24, 2.45) is 7.05 Å². The molecule has 2 heterocycles. The molecule has 0 spiro atoms. The number of aliphatic hydroxyl groups is 1. The van der Waals surface area contributed by atoms with Crippen molar-refractivity contribution in [1.29, 1.82) is 0 Å². The van der Waals surface area contributed by atoms with Crippen LogP contribution in [0.3, 0.4) is 0 Å². The van der Waals surface area contributed by atoms with Crippen LogP contribution in [0.5, 0.6) is 11.5 Å². The van der Waals surface area contributed by atoms with Crippen LogP contribution in [-0.4, -0.2) is 28.1 Å². The lowest BCUT2D eigenvalue weighted by atomic mass is 10.1. The van der Waals surface area contributed by atoms with Crippen LogP contribution in [-0.2, 0) is 7.05 Å². The predicted molar refractivity (Wildman–Crippen MR) is 77.4 cm³/mol. The Labute approximate surface area is 129 Å². The Kier molecular flexibility index (Phi) is 3.62. The molecule has 0 amide bonds. The lowest BCUT2D eigenvalue weighted by molar-refractivity contribution is 0.168. The van der Waals surface area contributed by atoms with E-state index in [-0.39, 0.29) is 0 Å². The largest absolute Gasteiger partial charge is 0.486 e. The number of ether oxygens (including phenoxy) is 2. The Hall–Kier alpha value is -1.24. The molecule has 1 N–H and O–H groups in total. The zero-order valence-electron chi connectivity index (χ0n) is 10.6. The molecule has 3 rings (SSSR count). The summed E-state index contributed by atoms with van der Waals surface area (Å²) in [5.41, 5.74) is 1.20. The first-order valence-electron chi connectivity index (χ1n) is 6.02. The zero-order valence-corrected chi connectivity index (χ0v) is 13.0. The molecule has 0 bridgehead atoms. The summed E-state index contributed by atoms with van der Waals surface area (Å²) in [6, 6.07) is 3.55. The molecular formula is C13H12BrClN2O3. The normalized spacial score (nSPS) is 15.2. The standard InChI is InChI=1S/C13H12BrClN2O3/c1-17-11(9(15)6-16-17)12(18)7-4-8(14)13-10(5-7)19-2-3-20-13/h4-6,12,18H,2-3H2,1H3. The van der Waals surface area contributed by atoms with Crippen molar-refractivity contribution in [3.05, 3.63) is 39.1 Å². The van der Waals surface area contributed by atoms with Gasteiger partial charge in [-0.25, -0.2) is 0 Å². The zero-order chi connectivity index (χ0) is 14.3. The van der Waals surface area contributed by atoms with Gasteiger partial charge in [-0.1, -0.05) is 11.6 Å². The van der Waals surface area contributed by atoms with E-state index in [4.69, 9.17) is 21.1 Å². The first-order chi connectivity index (χ1) is 9.58. The Morgan fingerprint density at radius 2 is 2.15 bits per heavy atom. The van der Waals surface area contributed by atoms with E-state index >= 15 is 0 Å². The number of nitrogens with zero attached hydrogens (tertiary/aromatic N) is 2. The number of halogens is 2. The summed E-state index contributed by atoms with van der Waals surface area (Å²) in [6.07, 6.45) is 0.620. The highest BCUT2D eigenvalue weighted by Crippen LogP contribution is 2.41. The number of aliphatic hydroxyl groups excluding tert-OH is 1. The second-order valence-electron chi connectivity index (χ2n) is 4.43. The molecular weight excluding hydrogens is 348 g/mol. The van der Waals surface area contributed by atoms with Crippen molar-refractivity contribution >= 4 is 27.5 Å². The molecule has 5 nitrogen and oxygen atoms in total. The van der Waals surface area contributed by atoms with Gasteiger partial charge in [0.2, 0.25) is 0 Å². The molecule has 0 saturated carbocycles. The maximum Gasteiger partial charge on any atom is 0.175 e. The maximum atomic E-state index is 10.5. The van der Waals surface area contributed by atoms with E-state index in [1.165, 1.54) is 6.20 Å². The van der Waals surface area contributed by atoms with Crippen LogP contribution in [0.25, 0.3) is 0 Å². The fourth-order valence-corrected chi connectivity index (χ4v) is 3.02. The summed E-state index contributed by atoms with van der Waals surface area (Å²) in [6.45, 7) is 1.01. The van der Waals surface area contributed by atoms with Crippen molar-refractivity contribution < 1.29 is 14.6 Å². The number of benzene rings is 1. The first kappa shape index (κ1) is 13.7. The molecule has 7 heteroatoms. The monoisotopic (exact) mass is 358 g/mol. The van der Waals surface area contributed by atoms with Crippen LogP contribution < -0.4 is 9.47 Å². The number of fused-ring (bicyclic) bond motifs is 1. The van der Waals surface area contributed by atoms with Crippen molar-refractivity contribution in [3.63, 3.8) is 0 Å². The minimum atomic E-state index is -0.887. The van der Waals surface area contributed by atoms with Gasteiger partial charge in [0.25, 0.3) is 0 Å². The van der Waals surface area contributed by atoms with Gasteiger partial charge in [-0.2, -0.15) is 5.10 Å². The molecule has 0 aliphatic carbocycles. The summed E-state index contributed by atoms with van der Waals surface area (Å²) in [5.74, 6) is 1.27. The molecule has 2 aromatic rings. The summed E-state index contributed by atoms with van der Waals surface area (Å²) in [5, 5.41) is 15.0. The van der Waals surface area contributed by atoms with E-state index in [0.717, 1.165) is 4.47 Å². The highest BCUT2D eigenvalue weighted by Gasteiger charge is 2.23. The Morgan fingerprint density at radius 3 is 2.85 bits per heavy atom. The van der Waals surface area contributed by atoms with Crippen LogP contribution >= 0.6 is 27.5 Å². The van der Waals surface area contributed by atoms with E-state index in [2.05, 4.69) is 21.0 Å². The number of aromatic nitrogens is 2. The number of hydrogen-bond donors (Lipinski definition) is 1. The third kappa shape index (κ3) is 2.28. The Bertz CT molecular complexity index is 640. The average molecular weight is 360 g/mol. The van der Waals surface area contributed by atoms with Gasteiger partial charge in [0.1, 0.15) is 19.3 Å². The number of hydrogen-bond acceptors (Lipinski definition) is 4. The number of aryl methyl sites for hydroxylation is 1. The van der Waals surface area contributed by atoms with E-state index in [1.54, 1.807) is 23.9 Å². The average Bonchev–Trinajstić information content (AvgIpc) is 2.77. The van der Waals surface area contributed by atoms with Crippen LogP contribution in [0, 0.1) is 0 Å². The number of rotatable bonds is 2. The third-order valence-corrected chi connectivity index (χ3v) is 4.01.